The quantitative estimate of drug-likeness (QED) is 0.411. The molecule has 0 amide bonds. The van der Waals surface area contributed by atoms with E-state index in [0.29, 0.717) is 34.1 Å². The van der Waals surface area contributed by atoms with Crippen LogP contribution in [-0.4, -0.2) is 21.2 Å². The van der Waals surface area contributed by atoms with Crippen LogP contribution in [-0.2, 0) is 4.79 Å². The van der Waals surface area contributed by atoms with Gasteiger partial charge in [-0.2, -0.15) is 17.7 Å². The Bertz CT molecular complexity index is 1010. The van der Waals surface area contributed by atoms with Crippen molar-refractivity contribution >= 4 is 23.3 Å². The number of aromatic nitrogens is 3. The van der Waals surface area contributed by atoms with Gasteiger partial charge in [0.15, 0.2) is 0 Å². The van der Waals surface area contributed by atoms with Crippen LogP contribution in [0.2, 0.25) is 0 Å². The zero-order valence-electron chi connectivity index (χ0n) is 13.4. The maximum absolute atomic E-state index is 10.6. The molecule has 116 valence electrons. The van der Waals surface area contributed by atoms with Crippen LogP contribution in [0.5, 0.6) is 0 Å². The molecule has 7 heteroatoms. The molecule has 4 aromatic rings. The van der Waals surface area contributed by atoms with Crippen molar-refractivity contribution in [1.29, 1.82) is 0 Å². The van der Waals surface area contributed by atoms with Crippen molar-refractivity contribution in [3.63, 3.8) is 0 Å². The first-order valence-electron chi connectivity index (χ1n) is 7.20. The van der Waals surface area contributed by atoms with Gasteiger partial charge in [-0.1, -0.05) is 0 Å². The van der Waals surface area contributed by atoms with Crippen LogP contribution in [0.25, 0.3) is 33.8 Å². The molecule has 4 rings (SSSR count). The van der Waals surface area contributed by atoms with E-state index in [1.54, 1.807) is 30.6 Å². The third-order valence-corrected chi connectivity index (χ3v) is 3.65. The Kier molecular flexibility index (Phi) is 5.41. The summed E-state index contributed by atoms with van der Waals surface area (Å²) < 4.78 is 5.67. The Morgan fingerprint density at radius 2 is 1.84 bits per heavy atom. The number of pyridine rings is 2. The van der Waals surface area contributed by atoms with Gasteiger partial charge in [0.05, 0.1) is 11.8 Å². The number of rotatable bonds is 3. The number of nitrogen functional groups attached to an aromatic ring is 1. The molecule has 6 nitrogen and oxygen atoms in total. The summed E-state index contributed by atoms with van der Waals surface area (Å²) in [6.07, 6.45) is 5.16. The van der Waals surface area contributed by atoms with E-state index >= 15 is 0 Å². The zero-order valence-corrected chi connectivity index (χ0v) is 16.6. The fraction of sp³-hybridized carbons (Fsp3) is 0. The van der Waals surface area contributed by atoms with Crippen LogP contribution in [0, 0.1) is 0 Å². The van der Waals surface area contributed by atoms with Crippen LogP contribution in [0.4, 0.5) is 5.82 Å². The second kappa shape index (κ2) is 7.55. The monoisotopic (exact) mass is 354 g/mol. The molecule has 0 aliphatic heterocycles. The van der Waals surface area contributed by atoms with Crippen LogP contribution >= 0.6 is 0 Å². The van der Waals surface area contributed by atoms with Crippen LogP contribution in [0.3, 0.4) is 0 Å². The summed E-state index contributed by atoms with van der Waals surface area (Å²) in [6.45, 7) is 0. The molecule has 0 fully saturated rings. The minimum Gasteiger partial charge on any atom is -0.418 e. The van der Waals surface area contributed by atoms with Gasteiger partial charge >= 0.3 is 51.4 Å². The summed E-state index contributed by atoms with van der Waals surface area (Å²) in [5, 5.41) is 0. The predicted molar refractivity (Wildman–Crippen MR) is 89.7 cm³/mol. The van der Waals surface area contributed by atoms with Crippen molar-refractivity contribution in [2.75, 3.05) is 5.73 Å². The van der Waals surface area contributed by atoms with Gasteiger partial charge in [0.1, 0.15) is 11.3 Å². The standard InChI is InChI=1S/C18H11N4O2.K/c19-16-14(17-22-15-2-1-7-20-18(15)24-17)8-13(9-21-16)12-5-3-11(10-23)4-6-12;/h1-9H,(H2,19,21);/q-1;+1. The summed E-state index contributed by atoms with van der Waals surface area (Å²) in [4.78, 5) is 23.4. The maximum atomic E-state index is 10.6. The van der Waals surface area contributed by atoms with Crippen molar-refractivity contribution in [3.05, 3.63) is 60.4 Å². The first-order valence-corrected chi connectivity index (χ1v) is 7.20. The van der Waals surface area contributed by atoms with Gasteiger partial charge in [-0.25, -0.2) is 15.0 Å². The molecule has 0 unspecified atom stereocenters. The predicted octanol–water partition coefficient (Wildman–Crippen LogP) is -0.00420. The van der Waals surface area contributed by atoms with Crippen molar-refractivity contribution in [3.8, 4) is 22.6 Å². The number of hydrogen-bond acceptors (Lipinski definition) is 6. The minimum absolute atomic E-state index is 0. The summed E-state index contributed by atoms with van der Waals surface area (Å²) in [5.74, 6) is 0.691. The number of oxazole rings is 1. The number of carbonyl (C=O) groups excluding carboxylic acids is 1. The fourth-order valence-electron chi connectivity index (χ4n) is 2.42. The second-order valence-corrected chi connectivity index (χ2v) is 5.18. The normalized spacial score (nSPS) is 10.4. The van der Waals surface area contributed by atoms with Gasteiger partial charge in [0, 0.05) is 12.4 Å². The van der Waals surface area contributed by atoms with E-state index < -0.39 is 0 Å². The summed E-state index contributed by atoms with van der Waals surface area (Å²) >= 11 is 0. The largest absolute Gasteiger partial charge is 1.00 e. The van der Waals surface area contributed by atoms with Gasteiger partial charge in [0.2, 0.25) is 11.6 Å². The molecular formula is C18H11KN4O2. The van der Waals surface area contributed by atoms with Crippen LogP contribution < -0.4 is 57.1 Å². The first-order chi connectivity index (χ1) is 11.7. The topological polar surface area (TPSA) is 94.9 Å². The smallest absolute Gasteiger partial charge is 0.418 e. The molecule has 0 bridgehead atoms. The van der Waals surface area contributed by atoms with E-state index in [9.17, 15) is 4.79 Å². The van der Waals surface area contributed by atoms with Gasteiger partial charge in [-0.15, -0.1) is 12.1 Å². The average molecular weight is 354 g/mol. The van der Waals surface area contributed by atoms with Crippen molar-refractivity contribution in [2.24, 2.45) is 0 Å². The Morgan fingerprint density at radius 3 is 2.56 bits per heavy atom. The second-order valence-electron chi connectivity index (χ2n) is 5.18. The average Bonchev–Trinajstić information content (AvgIpc) is 3.06. The number of fused-ring (bicyclic) bond motifs is 1. The summed E-state index contributed by atoms with van der Waals surface area (Å²) in [6, 6.07) is 12.5. The van der Waals surface area contributed by atoms with E-state index in [4.69, 9.17) is 10.2 Å². The summed E-state index contributed by atoms with van der Waals surface area (Å²) in [5.41, 5.74) is 9.91. The fourth-order valence-corrected chi connectivity index (χ4v) is 2.42. The number of anilines is 1. The molecule has 0 saturated heterocycles. The third kappa shape index (κ3) is 3.56. The van der Waals surface area contributed by atoms with Crippen molar-refractivity contribution in [2.45, 2.75) is 0 Å². The van der Waals surface area contributed by atoms with E-state index in [1.807, 2.05) is 30.6 Å². The molecule has 1 aromatic carbocycles. The van der Waals surface area contributed by atoms with Crippen molar-refractivity contribution < 1.29 is 60.6 Å². The maximum Gasteiger partial charge on any atom is 1.00 e. The number of benzene rings is 1. The van der Waals surface area contributed by atoms with E-state index in [2.05, 4.69) is 15.0 Å². The van der Waals surface area contributed by atoms with E-state index in [0.717, 1.165) is 11.1 Å². The molecule has 0 radical (unpaired) electrons. The van der Waals surface area contributed by atoms with E-state index in [-0.39, 0.29) is 51.4 Å². The van der Waals surface area contributed by atoms with Crippen LogP contribution in [0.15, 0.2) is 59.3 Å². The Morgan fingerprint density at radius 1 is 1.04 bits per heavy atom. The Balaban J connectivity index is 0.00000182. The van der Waals surface area contributed by atoms with E-state index in [1.165, 1.54) is 0 Å². The molecule has 3 aromatic heterocycles. The van der Waals surface area contributed by atoms with Gasteiger partial charge in [-0.05, 0) is 29.3 Å². The molecule has 25 heavy (non-hydrogen) atoms. The summed E-state index contributed by atoms with van der Waals surface area (Å²) in [7, 11) is 0. The first kappa shape index (κ1) is 17.9. The minimum atomic E-state index is 0. The van der Waals surface area contributed by atoms with Gasteiger partial charge in [0.25, 0.3) is 0 Å². The number of nitrogens with zero attached hydrogens (tertiary/aromatic N) is 3. The number of nitrogens with two attached hydrogens (primary N) is 1. The molecule has 0 saturated carbocycles. The van der Waals surface area contributed by atoms with Gasteiger partial charge in [-0.3, -0.25) is 0 Å². The van der Waals surface area contributed by atoms with Crippen molar-refractivity contribution in [1.82, 2.24) is 15.0 Å². The number of hydrogen-bond donors (Lipinski definition) is 1. The van der Waals surface area contributed by atoms with Gasteiger partial charge < -0.3 is 14.9 Å². The zero-order chi connectivity index (χ0) is 16.5. The molecule has 0 atom stereocenters. The Hall–Kier alpha value is -1.90. The van der Waals surface area contributed by atoms with Crippen LogP contribution in [0.1, 0.15) is 5.56 Å². The SMILES string of the molecule is Nc1ncc(-c2ccc([C-]=O)cc2)cc1-c1nc2cccnc2o1.[K+]. The molecular weight excluding hydrogens is 343 g/mol. The molecule has 2 N–H and O–H groups in total. The molecule has 0 aliphatic carbocycles. The Labute approximate surface area is 185 Å². The molecule has 0 spiro atoms. The third-order valence-electron chi connectivity index (χ3n) is 3.65. The molecule has 3 heterocycles. The molecule has 0 aliphatic rings.